The molecule has 0 amide bonds. The predicted octanol–water partition coefficient (Wildman–Crippen LogP) is 13.8. The Balaban J connectivity index is 1.32. The summed E-state index contributed by atoms with van der Waals surface area (Å²) in [5.74, 6) is 0. The van der Waals surface area contributed by atoms with Crippen molar-refractivity contribution in [3.63, 3.8) is 0 Å². The van der Waals surface area contributed by atoms with Crippen molar-refractivity contribution in [3.8, 4) is 11.1 Å². The van der Waals surface area contributed by atoms with Crippen molar-refractivity contribution in [3.05, 3.63) is 176 Å². The lowest BCUT2D eigenvalue weighted by molar-refractivity contribution is 1.32. The smallest absolute Gasteiger partial charge is 0.0554 e. The Morgan fingerprint density at radius 3 is 1.90 bits per heavy atom. The van der Waals surface area contributed by atoms with Crippen molar-refractivity contribution < 1.29 is 0 Å². The van der Waals surface area contributed by atoms with Gasteiger partial charge in [0, 0.05) is 36.6 Å². The summed E-state index contributed by atoms with van der Waals surface area (Å²) in [6, 6.07) is 64.5. The topological polar surface area (TPSA) is 3.24 Å². The first kappa shape index (κ1) is 27.2. The molecule has 0 aliphatic carbocycles. The van der Waals surface area contributed by atoms with Gasteiger partial charge in [0.2, 0.25) is 0 Å². The molecule has 0 saturated heterocycles. The molecule has 0 bridgehead atoms. The van der Waals surface area contributed by atoms with Crippen molar-refractivity contribution in [2.75, 3.05) is 4.90 Å². The van der Waals surface area contributed by atoms with Crippen LogP contribution in [0.3, 0.4) is 0 Å². The van der Waals surface area contributed by atoms with Crippen LogP contribution in [0, 0.1) is 0 Å². The highest BCUT2D eigenvalue weighted by atomic mass is 32.1. The van der Waals surface area contributed by atoms with Crippen LogP contribution in [0.4, 0.5) is 17.1 Å². The molecule has 0 N–H and O–H groups in total. The highest BCUT2D eigenvalue weighted by Crippen LogP contribution is 2.48. The standard InChI is InChI=1S/C46H29NS/c1-2-11-30(12-3-1)34-15-8-16-35(29-34)47(42-21-9-14-32-26-28-40-38-18-6-7-22-43(38)48-46(40)45(32)42)41-20-10-19-39-37(41)27-25-33-24-23-31-13-4-5-17-36(31)44(33)39/h1-29H. The number of thiophene rings is 1. The van der Waals surface area contributed by atoms with E-state index >= 15 is 0 Å². The average Bonchev–Trinajstić information content (AvgIpc) is 3.54. The summed E-state index contributed by atoms with van der Waals surface area (Å²) in [7, 11) is 0. The van der Waals surface area contributed by atoms with Crippen molar-refractivity contribution in [1.82, 2.24) is 0 Å². The zero-order valence-corrected chi connectivity index (χ0v) is 26.9. The molecule has 10 rings (SSSR count). The lowest BCUT2D eigenvalue weighted by atomic mass is 9.95. The highest BCUT2D eigenvalue weighted by molar-refractivity contribution is 7.26. The maximum Gasteiger partial charge on any atom is 0.0554 e. The number of rotatable bonds is 4. The van der Waals surface area contributed by atoms with E-state index in [1.54, 1.807) is 0 Å². The number of hydrogen-bond acceptors (Lipinski definition) is 2. The molecule has 0 aliphatic heterocycles. The average molecular weight is 628 g/mol. The minimum Gasteiger partial charge on any atom is -0.309 e. The maximum atomic E-state index is 2.50. The Bertz CT molecular complexity index is 2850. The SMILES string of the molecule is c1ccc(-c2cccc(N(c3cccc4c3ccc3ccc5ccccc5c34)c3cccc4ccc5c6ccccc6sc5c34)c2)cc1. The van der Waals surface area contributed by atoms with Crippen LogP contribution in [0.1, 0.15) is 0 Å². The summed E-state index contributed by atoms with van der Waals surface area (Å²) in [6.07, 6.45) is 0. The Labute approximate surface area is 282 Å². The second-order valence-corrected chi connectivity index (χ2v) is 13.5. The molecule has 9 aromatic carbocycles. The number of fused-ring (bicyclic) bond motifs is 10. The number of anilines is 3. The van der Waals surface area contributed by atoms with Crippen molar-refractivity contribution in [2.24, 2.45) is 0 Å². The van der Waals surface area contributed by atoms with E-state index in [4.69, 9.17) is 0 Å². The molecule has 1 nitrogen and oxygen atoms in total. The summed E-state index contributed by atoms with van der Waals surface area (Å²) in [4.78, 5) is 2.50. The first-order valence-corrected chi connectivity index (χ1v) is 17.3. The Hall–Kier alpha value is -5.96. The van der Waals surface area contributed by atoms with Gasteiger partial charge in [-0.05, 0) is 73.8 Å². The van der Waals surface area contributed by atoms with Gasteiger partial charge in [-0.1, -0.05) is 146 Å². The molecule has 0 atom stereocenters. The maximum absolute atomic E-state index is 2.50. The summed E-state index contributed by atoms with van der Waals surface area (Å²) < 4.78 is 2.64. The predicted molar refractivity (Wildman–Crippen MR) is 209 cm³/mol. The van der Waals surface area contributed by atoms with E-state index in [0.29, 0.717) is 0 Å². The minimum atomic E-state index is 1.13. The van der Waals surface area contributed by atoms with E-state index in [0.717, 1.165) is 11.4 Å². The third-order valence-electron chi connectivity index (χ3n) is 9.80. The van der Waals surface area contributed by atoms with E-state index in [9.17, 15) is 0 Å². The fourth-order valence-corrected chi connectivity index (χ4v) is 8.89. The molecule has 0 fully saturated rings. The highest BCUT2D eigenvalue weighted by Gasteiger charge is 2.21. The number of nitrogens with zero attached hydrogens (tertiary/aromatic N) is 1. The van der Waals surface area contributed by atoms with E-state index in [1.165, 1.54) is 80.1 Å². The summed E-state index contributed by atoms with van der Waals surface area (Å²) >= 11 is 1.89. The van der Waals surface area contributed by atoms with Crippen LogP contribution in [0.25, 0.3) is 74.4 Å². The van der Waals surface area contributed by atoms with E-state index in [-0.39, 0.29) is 0 Å². The van der Waals surface area contributed by atoms with Gasteiger partial charge in [-0.25, -0.2) is 0 Å². The largest absolute Gasteiger partial charge is 0.309 e. The zero-order chi connectivity index (χ0) is 31.6. The number of hydrogen-bond donors (Lipinski definition) is 0. The molecule has 0 spiro atoms. The van der Waals surface area contributed by atoms with Crippen LogP contribution in [0.5, 0.6) is 0 Å². The first-order chi connectivity index (χ1) is 23.8. The van der Waals surface area contributed by atoms with Crippen molar-refractivity contribution in [2.45, 2.75) is 0 Å². The van der Waals surface area contributed by atoms with Crippen LogP contribution in [-0.2, 0) is 0 Å². The van der Waals surface area contributed by atoms with Gasteiger partial charge in [-0.15, -0.1) is 11.3 Å². The fraction of sp³-hybridized carbons (Fsp3) is 0. The third-order valence-corrected chi connectivity index (χ3v) is 11.0. The normalized spacial score (nSPS) is 11.8. The van der Waals surface area contributed by atoms with Gasteiger partial charge in [-0.3, -0.25) is 0 Å². The Kier molecular flexibility index (Phi) is 6.12. The zero-order valence-electron chi connectivity index (χ0n) is 26.1. The molecule has 10 aromatic rings. The van der Waals surface area contributed by atoms with Crippen LogP contribution < -0.4 is 4.90 Å². The molecule has 2 heteroatoms. The van der Waals surface area contributed by atoms with Gasteiger partial charge in [0.1, 0.15) is 0 Å². The summed E-state index contributed by atoms with van der Waals surface area (Å²) in [5.41, 5.74) is 5.88. The van der Waals surface area contributed by atoms with Gasteiger partial charge in [0.15, 0.2) is 0 Å². The molecular formula is C46H29NS. The molecular weight excluding hydrogens is 599 g/mol. The minimum absolute atomic E-state index is 1.13. The molecule has 224 valence electrons. The van der Waals surface area contributed by atoms with Gasteiger partial charge in [0.05, 0.1) is 11.4 Å². The van der Waals surface area contributed by atoms with E-state index in [2.05, 4.69) is 181 Å². The third kappa shape index (κ3) is 4.17. The van der Waals surface area contributed by atoms with Gasteiger partial charge < -0.3 is 4.90 Å². The first-order valence-electron chi connectivity index (χ1n) is 16.4. The molecule has 0 radical (unpaired) electrons. The molecule has 0 aliphatic rings. The van der Waals surface area contributed by atoms with Crippen molar-refractivity contribution in [1.29, 1.82) is 0 Å². The molecule has 48 heavy (non-hydrogen) atoms. The number of benzene rings is 9. The lowest BCUT2D eigenvalue weighted by Gasteiger charge is -2.29. The second kappa shape index (κ2) is 10.8. The van der Waals surface area contributed by atoms with Crippen LogP contribution in [0.15, 0.2) is 176 Å². The van der Waals surface area contributed by atoms with Crippen LogP contribution >= 0.6 is 11.3 Å². The fourth-order valence-electron chi connectivity index (χ4n) is 7.63. The lowest BCUT2D eigenvalue weighted by Crippen LogP contribution is -2.11. The Morgan fingerprint density at radius 1 is 0.354 bits per heavy atom. The second-order valence-electron chi connectivity index (χ2n) is 12.5. The monoisotopic (exact) mass is 627 g/mol. The van der Waals surface area contributed by atoms with Crippen LogP contribution in [-0.4, -0.2) is 0 Å². The quantitative estimate of drug-likeness (QED) is 0.176. The van der Waals surface area contributed by atoms with E-state index < -0.39 is 0 Å². The molecule has 1 heterocycles. The molecule has 1 aromatic heterocycles. The molecule has 0 saturated carbocycles. The van der Waals surface area contributed by atoms with Gasteiger partial charge in [0.25, 0.3) is 0 Å². The van der Waals surface area contributed by atoms with Crippen molar-refractivity contribution >= 4 is 91.7 Å². The summed E-state index contributed by atoms with van der Waals surface area (Å²) in [5, 5.41) is 12.7. The van der Waals surface area contributed by atoms with Gasteiger partial charge in [-0.2, -0.15) is 0 Å². The molecule has 0 unspecified atom stereocenters. The summed E-state index contributed by atoms with van der Waals surface area (Å²) in [6.45, 7) is 0. The van der Waals surface area contributed by atoms with E-state index in [1.807, 2.05) is 11.3 Å². The Morgan fingerprint density at radius 2 is 0.979 bits per heavy atom. The van der Waals surface area contributed by atoms with Gasteiger partial charge >= 0.3 is 0 Å². The van der Waals surface area contributed by atoms with Crippen LogP contribution in [0.2, 0.25) is 0 Å².